The lowest BCUT2D eigenvalue weighted by Crippen LogP contribution is -2.61. The van der Waals surface area contributed by atoms with Crippen LogP contribution in [0.1, 0.15) is 176 Å². The molecule has 15 atom stereocenters. The number of carbonyl (C=O) groups excluding carboxylic acids is 7. The number of rotatable bonds is 34. The minimum absolute atomic E-state index is 0.0234. The Balaban J connectivity index is 0.637. The summed E-state index contributed by atoms with van der Waals surface area (Å²) in [6, 6.07) is 3.41. The Morgan fingerprint density at radius 3 is 2.26 bits per heavy atom. The van der Waals surface area contributed by atoms with Gasteiger partial charge >= 0.3 is 5.97 Å². The summed E-state index contributed by atoms with van der Waals surface area (Å²) in [5, 5.41) is 54.5. The van der Waals surface area contributed by atoms with Crippen molar-refractivity contribution in [2.45, 2.75) is 250 Å². The van der Waals surface area contributed by atoms with Crippen LogP contribution >= 0.6 is 0 Å². The second kappa shape index (κ2) is 46.8. The first kappa shape index (κ1) is 93.3. The molecule has 5 aromatic rings. The molecule has 7 heterocycles. The molecule has 3 aliphatic heterocycles. The average molecular weight is 1650 g/mol. The molecule has 118 heavy (non-hydrogen) atoms. The summed E-state index contributed by atoms with van der Waals surface area (Å²) in [6.45, 7) is 15.0. The van der Waals surface area contributed by atoms with Crippen LogP contribution in [0.5, 0.6) is 0 Å². The smallest absolute Gasteiger partial charge is 0.329 e. The number of fused-ring (bicyclic) bond motifs is 5. The van der Waals surface area contributed by atoms with Crippen LogP contribution in [0, 0.1) is 29.6 Å². The van der Waals surface area contributed by atoms with Crippen molar-refractivity contribution in [1.29, 1.82) is 0 Å². The number of aryl methyl sites for hydroxylation is 2. The van der Waals surface area contributed by atoms with Gasteiger partial charge in [-0.15, -0.1) is 5.10 Å². The standard InChI is InChI=1S/C85H126N14O19/c1-53-20-10-9-11-21-54(2)69(110-7)49-62-29-26-58(6)85(109,118-62)79(106)82(107)98-34-17-14-23-65(98)83(108)116-70(50-66(100)55(3)45-57(5)77(104)78(105)76(103)56(4)44-53)63(86)46-59-27-30-68(71(47-59)111-8)115-37-19-15-22-61-51-97(96-94-61)36-39-113-41-43-114-42-40-112-38-33-90-73(102)25-13-12-24-72(101)89-32-16-18-35-99-81-74(80(87)91-52-92-81)75(95-99)60-28-31-67-64(48-60)93-84(88)117-67/h9-11,20-21,28,31,45,48,51-53,55-56,58-59,62-63,65,68-71,77-78,104-105,109H,12-19,22-27,29-30,32-44,46-47,49-50,86H2,1-8H3,(H2,88,93)(H,89,101)(H,90,102)(H2,87,91,92)/b11-9+,20-10+,54-21+,57-45+/t53-,55-,56-,58-,59+,62+,63-,65+,68-,69+,70+,71-,77-,78+,85-/m1/s1. The van der Waals surface area contributed by atoms with E-state index in [1.807, 2.05) is 62.6 Å². The lowest BCUT2D eigenvalue weighted by molar-refractivity contribution is -0.265. The third-order valence-corrected chi connectivity index (χ3v) is 22.9. The number of allylic oxidation sites excluding steroid dienone is 6. The second-order valence-corrected chi connectivity index (χ2v) is 32.1. The number of cyclic esters (lactones) is 1. The maximum Gasteiger partial charge on any atom is 0.329 e. The summed E-state index contributed by atoms with van der Waals surface area (Å²) in [7, 11) is 3.20. The normalized spacial score (nSPS) is 27.6. The lowest BCUT2D eigenvalue weighted by atomic mass is 9.80. The Bertz CT molecular complexity index is 4220. The van der Waals surface area contributed by atoms with E-state index in [2.05, 4.69) is 35.9 Å². The number of benzene rings is 1. The van der Waals surface area contributed by atoms with Crippen molar-refractivity contribution < 1.29 is 91.2 Å². The monoisotopic (exact) mass is 1650 g/mol. The third kappa shape index (κ3) is 27.2. The van der Waals surface area contributed by atoms with Gasteiger partial charge < -0.3 is 90.4 Å². The van der Waals surface area contributed by atoms with Gasteiger partial charge in [0.1, 0.15) is 53.5 Å². The van der Waals surface area contributed by atoms with E-state index in [0.29, 0.717) is 196 Å². The number of oxazole rings is 1. The number of aliphatic hydroxyl groups is 3. The summed E-state index contributed by atoms with van der Waals surface area (Å²) in [5.74, 6) is -8.77. The molecule has 4 aliphatic rings. The van der Waals surface area contributed by atoms with E-state index in [4.69, 9.17) is 64.6 Å². The molecule has 1 aromatic carbocycles. The Morgan fingerprint density at radius 2 is 1.51 bits per heavy atom. The maximum atomic E-state index is 14.7. The Kier molecular flexibility index (Phi) is 37.0. The molecule has 1 saturated carbocycles. The van der Waals surface area contributed by atoms with Crippen molar-refractivity contribution in [1.82, 2.24) is 55.3 Å². The number of nitrogen functional groups attached to an aromatic ring is 2. The van der Waals surface area contributed by atoms with Gasteiger partial charge in [-0.3, -0.25) is 28.8 Å². The van der Waals surface area contributed by atoms with Gasteiger partial charge in [0.25, 0.3) is 17.7 Å². The number of aliphatic hydroxyl groups excluding tert-OH is 2. The fraction of sp³-hybridized carbons (Fsp3) is 0.659. The number of aromatic nitrogens is 8. The quantitative estimate of drug-likeness (QED) is 0.00867. The lowest BCUT2D eigenvalue weighted by Gasteiger charge is -2.42. The van der Waals surface area contributed by atoms with Crippen LogP contribution in [0.4, 0.5) is 11.8 Å². The molecule has 0 spiro atoms. The predicted molar refractivity (Wildman–Crippen MR) is 439 cm³/mol. The molecule has 2 saturated heterocycles. The molecule has 9 rings (SSSR count). The molecule has 1 aliphatic carbocycles. The van der Waals surface area contributed by atoms with Crippen LogP contribution in [0.3, 0.4) is 0 Å². The number of ketones is 3. The number of methoxy groups -OCH3 is 2. The SMILES string of the molecule is CO[C@H]1C[C@@H]2CC[C@@H](C)[C@@](O)(O2)C(=O)C(=O)N2CCCC[C@H]2C(=O)O[C@H]([C@H](N)C[C@@H]2CC[C@@H](OCCCCc3cn(CCOCCOCCOCCNC(=O)CCCCC(=O)NCCCCn4nc(-c5ccc6oc(N)nc6c5)c5c(N)ncnc54)nn3)[C@H](OC)C2)CC(=O)[C@H](C)/C=C(\C)[C@@H](O)[C@@H](O)C(=O)[C@H](C)C[C@H](C)/C=C/C=C/C=C/1C. The van der Waals surface area contributed by atoms with Gasteiger partial charge in [0.15, 0.2) is 17.0 Å². The fourth-order valence-corrected chi connectivity index (χ4v) is 15.9. The number of anilines is 2. The molecule has 33 nitrogen and oxygen atoms in total. The van der Waals surface area contributed by atoms with Gasteiger partial charge in [0.2, 0.25) is 17.6 Å². The number of hydrogen-bond acceptors (Lipinski definition) is 28. The number of ether oxygens (including phenoxy) is 8. The number of nitrogens with one attached hydrogen (secondary N) is 2. The number of piperidine rings is 1. The summed E-state index contributed by atoms with van der Waals surface area (Å²) in [5.41, 5.74) is 24.2. The second-order valence-electron chi connectivity index (χ2n) is 32.1. The molecule has 33 heteroatoms. The zero-order chi connectivity index (χ0) is 84.8. The summed E-state index contributed by atoms with van der Waals surface area (Å²) in [6.07, 6.45) is 18.1. The first-order valence-corrected chi connectivity index (χ1v) is 42.1. The molecular weight excluding hydrogens is 1520 g/mol. The van der Waals surface area contributed by atoms with Crippen LogP contribution < -0.4 is 27.8 Å². The van der Waals surface area contributed by atoms with E-state index < -0.39 is 95.4 Å². The maximum absolute atomic E-state index is 14.7. The van der Waals surface area contributed by atoms with E-state index in [0.717, 1.165) is 47.4 Å². The van der Waals surface area contributed by atoms with Crippen molar-refractivity contribution in [2.24, 2.45) is 35.3 Å². The molecule has 0 radical (unpaired) electrons. The summed E-state index contributed by atoms with van der Waals surface area (Å²) in [4.78, 5) is 110. The van der Waals surface area contributed by atoms with Gasteiger partial charge in [-0.25, -0.2) is 24.1 Å². The minimum atomic E-state index is -2.49. The number of unbranched alkanes of at least 4 members (excludes halogenated alkanes) is 3. The van der Waals surface area contributed by atoms with Crippen LogP contribution in [0.15, 0.2) is 82.7 Å². The molecule has 4 aromatic heterocycles. The van der Waals surface area contributed by atoms with E-state index in [1.165, 1.54) is 19.3 Å². The van der Waals surface area contributed by atoms with E-state index in [1.54, 1.807) is 50.4 Å². The highest BCUT2D eigenvalue weighted by atomic mass is 16.6. The molecule has 3 amide bonds. The molecule has 3 fully saturated rings. The van der Waals surface area contributed by atoms with E-state index >= 15 is 0 Å². The van der Waals surface area contributed by atoms with Gasteiger partial charge in [-0.2, -0.15) is 10.1 Å². The van der Waals surface area contributed by atoms with Crippen molar-refractivity contribution in [3.8, 4) is 11.3 Å². The number of Topliss-reactive ketones (excluding diaryl/α,β-unsaturated/α-hetero) is 3. The highest BCUT2D eigenvalue weighted by molar-refractivity contribution is 6.39. The Morgan fingerprint density at radius 1 is 0.763 bits per heavy atom. The molecule has 0 unspecified atom stereocenters. The van der Waals surface area contributed by atoms with E-state index in [9.17, 15) is 48.9 Å². The molecular formula is C85H126N14O19. The third-order valence-electron chi connectivity index (χ3n) is 22.9. The van der Waals surface area contributed by atoms with Crippen molar-refractivity contribution in [3.63, 3.8) is 0 Å². The largest absolute Gasteiger partial charge is 0.459 e. The first-order chi connectivity index (χ1) is 56.7. The van der Waals surface area contributed by atoms with Crippen LogP contribution in [-0.2, 0) is 91.0 Å². The Hall–Kier alpha value is -8.61. The Labute approximate surface area is 690 Å². The highest BCUT2D eigenvalue weighted by Crippen LogP contribution is 2.39. The van der Waals surface area contributed by atoms with Crippen molar-refractivity contribution in [2.75, 3.05) is 91.6 Å². The minimum Gasteiger partial charge on any atom is -0.459 e. The van der Waals surface area contributed by atoms with Crippen molar-refractivity contribution in [3.05, 3.63) is 84.0 Å². The van der Waals surface area contributed by atoms with Crippen LogP contribution in [0.25, 0.3) is 33.4 Å². The number of amides is 3. The fourth-order valence-electron chi connectivity index (χ4n) is 15.9. The van der Waals surface area contributed by atoms with Crippen LogP contribution in [-0.4, -0.2) is 242 Å². The number of esters is 1. The number of nitrogens with zero attached hydrogens (tertiary/aromatic N) is 9. The van der Waals surface area contributed by atoms with Gasteiger partial charge in [0.05, 0.1) is 81.7 Å². The van der Waals surface area contributed by atoms with Crippen LogP contribution in [0.2, 0.25) is 0 Å². The molecule has 11 N–H and O–H groups in total. The summed E-state index contributed by atoms with van der Waals surface area (Å²) < 4.78 is 56.8. The molecule has 2 bridgehead atoms. The predicted octanol–water partition coefficient (Wildman–Crippen LogP) is 7.29. The first-order valence-electron chi connectivity index (χ1n) is 42.1. The van der Waals surface area contributed by atoms with Gasteiger partial charge in [-0.1, -0.05) is 69.4 Å². The van der Waals surface area contributed by atoms with Gasteiger partial charge in [-0.05, 0) is 164 Å². The number of nitrogens with two attached hydrogens (primary N) is 3. The highest BCUT2D eigenvalue weighted by Gasteiger charge is 2.53. The zero-order valence-corrected chi connectivity index (χ0v) is 69.9. The number of carbonyl (C=O) groups is 7. The van der Waals surface area contributed by atoms with Crippen molar-refractivity contribution >= 4 is 75.0 Å². The van der Waals surface area contributed by atoms with E-state index in [-0.39, 0.29) is 73.3 Å². The zero-order valence-electron chi connectivity index (χ0n) is 69.9. The molecule has 650 valence electrons. The average Bonchev–Trinajstić information content (AvgIpc) is 1.54. The number of hydrogen-bond donors (Lipinski definition) is 8. The topological polar surface area (TPSA) is 460 Å². The van der Waals surface area contributed by atoms with Gasteiger partial charge in [0, 0.05) is 108 Å². The summed E-state index contributed by atoms with van der Waals surface area (Å²) >= 11 is 0.